The van der Waals surface area contributed by atoms with Gasteiger partial charge in [-0.3, -0.25) is 4.79 Å². The number of nitrogens with zero attached hydrogens (tertiary/aromatic N) is 1. The Morgan fingerprint density at radius 2 is 2.08 bits per heavy atom. The summed E-state index contributed by atoms with van der Waals surface area (Å²) < 4.78 is 0. The summed E-state index contributed by atoms with van der Waals surface area (Å²) in [5, 5.41) is 3.16. The number of carbonyl (C=O) groups excluding carboxylic acids is 1. The van der Waals surface area contributed by atoms with Crippen molar-refractivity contribution in [3.8, 4) is 0 Å². The first-order chi connectivity index (χ1) is 6.13. The van der Waals surface area contributed by atoms with Crippen LogP contribution in [0.5, 0.6) is 0 Å². The third-order valence-electron chi connectivity index (χ3n) is 3.49. The fourth-order valence-electron chi connectivity index (χ4n) is 2.02. The number of amides is 1. The summed E-state index contributed by atoms with van der Waals surface area (Å²) in [4.78, 5) is 13.9. The van der Waals surface area contributed by atoms with Gasteiger partial charge in [0.15, 0.2) is 0 Å². The molecule has 1 aliphatic heterocycles. The zero-order valence-electron chi connectivity index (χ0n) is 8.47. The summed E-state index contributed by atoms with van der Waals surface area (Å²) in [5.41, 5.74) is -0.107. The molecule has 0 aromatic carbocycles. The van der Waals surface area contributed by atoms with Crippen LogP contribution in [-0.4, -0.2) is 37.0 Å². The van der Waals surface area contributed by atoms with Gasteiger partial charge in [-0.2, -0.15) is 0 Å². The van der Waals surface area contributed by atoms with E-state index in [0.29, 0.717) is 11.9 Å². The van der Waals surface area contributed by atoms with Crippen LogP contribution in [0.4, 0.5) is 0 Å². The number of carbonyl (C=O) groups is 1. The van der Waals surface area contributed by atoms with Crippen LogP contribution in [0, 0.1) is 5.41 Å². The molecule has 0 spiro atoms. The lowest BCUT2D eigenvalue weighted by Crippen LogP contribution is -2.61. The van der Waals surface area contributed by atoms with Crippen molar-refractivity contribution in [2.75, 3.05) is 20.1 Å². The van der Waals surface area contributed by atoms with Crippen LogP contribution >= 0.6 is 0 Å². The molecule has 2 fully saturated rings. The molecule has 74 valence electrons. The minimum Gasteiger partial charge on any atom is -0.342 e. The highest BCUT2D eigenvalue weighted by molar-refractivity contribution is 5.84. The number of hydrogen-bond acceptors (Lipinski definition) is 2. The maximum absolute atomic E-state index is 12.0. The van der Waals surface area contributed by atoms with E-state index in [1.807, 2.05) is 11.9 Å². The van der Waals surface area contributed by atoms with Crippen LogP contribution in [0.2, 0.25) is 0 Å². The molecular formula is C10H18N2O. The van der Waals surface area contributed by atoms with Gasteiger partial charge in [0.1, 0.15) is 0 Å². The first-order valence-corrected chi connectivity index (χ1v) is 5.11. The zero-order valence-corrected chi connectivity index (χ0v) is 8.47. The van der Waals surface area contributed by atoms with E-state index < -0.39 is 0 Å². The Labute approximate surface area is 79.5 Å². The van der Waals surface area contributed by atoms with Crippen molar-refractivity contribution in [1.29, 1.82) is 0 Å². The average molecular weight is 182 g/mol. The van der Waals surface area contributed by atoms with Gasteiger partial charge in [0, 0.05) is 26.2 Å². The minimum absolute atomic E-state index is 0.107. The molecule has 2 aliphatic rings. The highest BCUT2D eigenvalue weighted by atomic mass is 16.2. The lowest BCUT2D eigenvalue weighted by Gasteiger charge is -2.44. The number of rotatable bonds is 2. The second-order valence-corrected chi connectivity index (χ2v) is 4.66. The molecule has 1 aliphatic carbocycles. The van der Waals surface area contributed by atoms with E-state index in [-0.39, 0.29) is 5.41 Å². The van der Waals surface area contributed by atoms with E-state index in [1.165, 1.54) is 19.3 Å². The van der Waals surface area contributed by atoms with Gasteiger partial charge < -0.3 is 10.2 Å². The Balaban J connectivity index is 1.95. The predicted octanol–water partition coefficient (Wildman–Crippen LogP) is 0.607. The molecule has 0 radical (unpaired) electrons. The molecule has 1 saturated carbocycles. The lowest BCUT2D eigenvalue weighted by molar-refractivity contribution is -0.146. The van der Waals surface area contributed by atoms with Crippen LogP contribution in [0.15, 0.2) is 0 Å². The van der Waals surface area contributed by atoms with Gasteiger partial charge in [-0.05, 0) is 26.2 Å². The molecule has 3 heteroatoms. The molecule has 13 heavy (non-hydrogen) atoms. The normalized spacial score (nSPS) is 26.0. The molecule has 1 heterocycles. The number of nitrogens with one attached hydrogen (secondary N) is 1. The number of hydrogen-bond donors (Lipinski definition) is 1. The monoisotopic (exact) mass is 182 g/mol. The maximum atomic E-state index is 12.0. The first-order valence-electron chi connectivity index (χ1n) is 5.11. The Bertz CT molecular complexity index is 219. The summed E-state index contributed by atoms with van der Waals surface area (Å²) in [7, 11) is 1.95. The second kappa shape index (κ2) is 2.98. The van der Waals surface area contributed by atoms with E-state index >= 15 is 0 Å². The van der Waals surface area contributed by atoms with Crippen LogP contribution in [-0.2, 0) is 4.79 Å². The molecular weight excluding hydrogens is 164 g/mol. The summed E-state index contributed by atoms with van der Waals surface area (Å²) in [6.45, 7) is 3.76. The fraction of sp³-hybridized carbons (Fsp3) is 0.900. The molecule has 3 nitrogen and oxygen atoms in total. The van der Waals surface area contributed by atoms with Crippen molar-refractivity contribution in [2.24, 2.45) is 5.41 Å². The van der Waals surface area contributed by atoms with Gasteiger partial charge in [0.05, 0.1) is 5.41 Å². The van der Waals surface area contributed by atoms with Gasteiger partial charge in [-0.1, -0.05) is 0 Å². The molecule has 0 bridgehead atoms. The van der Waals surface area contributed by atoms with Crippen molar-refractivity contribution in [3.05, 3.63) is 0 Å². The SMILES string of the molecule is CN(C(=O)C1(C)CNC1)C1CCC1. The van der Waals surface area contributed by atoms with Gasteiger partial charge in [0.25, 0.3) is 0 Å². The molecule has 1 N–H and O–H groups in total. The van der Waals surface area contributed by atoms with Crippen molar-refractivity contribution in [1.82, 2.24) is 10.2 Å². The summed E-state index contributed by atoms with van der Waals surface area (Å²) in [5.74, 6) is 0.330. The van der Waals surface area contributed by atoms with Crippen LogP contribution in [0.25, 0.3) is 0 Å². The second-order valence-electron chi connectivity index (χ2n) is 4.66. The van der Waals surface area contributed by atoms with Crippen LogP contribution < -0.4 is 5.32 Å². The third kappa shape index (κ3) is 1.35. The smallest absolute Gasteiger partial charge is 0.231 e. The molecule has 0 aromatic heterocycles. The standard InChI is InChI=1S/C10H18N2O/c1-10(6-11-7-10)9(13)12(2)8-4-3-5-8/h8,11H,3-7H2,1-2H3. The molecule has 1 saturated heterocycles. The van der Waals surface area contributed by atoms with Crippen molar-refractivity contribution in [3.63, 3.8) is 0 Å². The third-order valence-corrected chi connectivity index (χ3v) is 3.49. The Kier molecular flexibility index (Phi) is 2.06. The summed E-state index contributed by atoms with van der Waals surface area (Å²) in [6.07, 6.45) is 3.69. The van der Waals surface area contributed by atoms with Gasteiger partial charge >= 0.3 is 0 Å². The van der Waals surface area contributed by atoms with E-state index in [2.05, 4.69) is 12.2 Å². The average Bonchev–Trinajstić information content (AvgIpc) is 1.95. The van der Waals surface area contributed by atoms with Gasteiger partial charge in [0.2, 0.25) is 5.91 Å². The molecule has 0 aromatic rings. The minimum atomic E-state index is -0.107. The Morgan fingerprint density at radius 1 is 1.46 bits per heavy atom. The topological polar surface area (TPSA) is 32.3 Å². The Morgan fingerprint density at radius 3 is 2.38 bits per heavy atom. The molecule has 1 amide bonds. The fourth-order valence-corrected chi connectivity index (χ4v) is 2.02. The zero-order chi connectivity index (χ0) is 9.47. The van der Waals surface area contributed by atoms with Gasteiger partial charge in [-0.25, -0.2) is 0 Å². The van der Waals surface area contributed by atoms with Crippen LogP contribution in [0.1, 0.15) is 26.2 Å². The molecule has 0 atom stereocenters. The van der Waals surface area contributed by atoms with Crippen molar-refractivity contribution < 1.29 is 4.79 Å². The van der Waals surface area contributed by atoms with E-state index in [0.717, 1.165) is 13.1 Å². The van der Waals surface area contributed by atoms with Crippen molar-refractivity contribution in [2.45, 2.75) is 32.2 Å². The lowest BCUT2D eigenvalue weighted by atomic mass is 9.81. The predicted molar refractivity (Wildman–Crippen MR) is 51.4 cm³/mol. The van der Waals surface area contributed by atoms with Crippen molar-refractivity contribution >= 4 is 5.91 Å². The largest absolute Gasteiger partial charge is 0.342 e. The summed E-state index contributed by atoms with van der Waals surface area (Å²) >= 11 is 0. The summed E-state index contributed by atoms with van der Waals surface area (Å²) in [6, 6.07) is 0.532. The van der Waals surface area contributed by atoms with E-state index in [9.17, 15) is 4.79 Å². The molecule has 0 unspecified atom stereocenters. The quantitative estimate of drug-likeness (QED) is 0.678. The van der Waals surface area contributed by atoms with E-state index in [1.54, 1.807) is 0 Å². The van der Waals surface area contributed by atoms with Crippen LogP contribution in [0.3, 0.4) is 0 Å². The first kappa shape index (κ1) is 9.00. The van der Waals surface area contributed by atoms with E-state index in [4.69, 9.17) is 0 Å². The Hall–Kier alpha value is -0.570. The highest BCUT2D eigenvalue weighted by Gasteiger charge is 2.43. The van der Waals surface area contributed by atoms with Gasteiger partial charge in [-0.15, -0.1) is 0 Å². The maximum Gasteiger partial charge on any atom is 0.231 e. The molecule has 2 rings (SSSR count). The highest BCUT2D eigenvalue weighted by Crippen LogP contribution is 2.30.